The van der Waals surface area contributed by atoms with Crippen LogP contribution < -0.4 is 11.0 Å². The van der Waals surface area contributed by atoms with Gasteiger partial charge in [0.15, 0.2) is 0 Å². The van der Waals surface area contributed by atoms with Crippen molar-refractivity contribution in [3.63, 3.8) is 0 Å². The van der Waals surface area contributed by atoms with Gasteiger partial charge >= 0.3 is 0 Å². The first-order chi connectivity index (χ1) is 8.65. The summed E-state index contributed by atoms with van der Waals surface area (Å²) in [7, 11) is 0. The maximum Gasteiger partial charge on any atom is 0.274 e. The predicted molar refractivity (Wildman–Crippen MR) is 72.7 cm³/mol. The number of hydrazone groups is 1. The maximum atomic E-state index is 11.3. The number of aromatic amines is 1. The second-order valence-corrected chi connectivity index (χ2v) is 4.43. The monoisotopic (exact) mass is 307 g/mol. The lowest BCUT2D eigenvalue weighted by Crippen LogP contribution is -2.15. The molecule has 7 heteroatoms. The molecular formula is C11H10BrN5O. The van der Waals surface area contributed by atoms with Gasteiger partial charge in [-0.15, -0.1) is 10.2 Å². The largest absolute Gasteiger partial charge is 0.288 e. The first-order valence-electron chi connectivity index (χ1n) is 5.13. The molecule has 0 aliphatic carbocycles. The molecule has 18 heavy (non-hydrogen) atoms. The van der Waals surface area contributed by atoms with Crippen LogP contribution in [0.15, 0.2) is 38.6 Å². The average Bonchev–Trinajstić information content (AvgIpc) is 2.34. The zero-order valence-corrected chi connectivity index (χ0v) is 11.1. The second kappa shape index (κ2) is 5.54. The summed E-state index contributed by atoms with van der Waals surface area (Å²) in [5.74, 6) is 0.205. The molecule has 0 aliphatic rings. The van der Waals surface area contributed by atoms with Crippen LogP contribution in [0.2, 0.25) is 0 Å². The van der Waals surface area contributed by atoms with Crippen molar-refractivity contribution in [3.05, 3.63) is 50.3 Å². The molecule has 0 radical (unpaired) electrons. The lowest BCUT2D eigenvalue weighted by atomic mass is 10.2. The molecule has 1 heterocycles. The number of halogens is 1. The molecule has 2 aromatic rings. The van der Waals surface area contributed by atoms with E-state index in [-0.39, 0.29) is 11.5 Å². The van der Waals surface area contributed by atoms with Crippen molar-refractivity contribution in [1.82, 2.24) is 15.2 Å². The summed E-state index contributed by atoms with van der Waals surface area (Å²) in [5.41, 5.74) is 3.55. The van der Waals surface area contributed by atoms with Gasteiger partial charge < -0.3 is 0 Å². The summed E-state index contributed by atoms with van der Waals surface area (Å²) < 4.78 is 0.968. The SMILES string of the molecule is Cc1nnc(NN=Cc2cccc(Br)c2)[nH]c1=O. The van der Waals surface area contributed by atoms with Crippen LogP contribution in [0.4, 0.5) is 5.95 Å². The van der Waals surface area contributed by atoms with E-state index in [1.807, 2.05) is 24.3 Å². The fraction of sp³-hybridized carbons (Fsp3) is 0.0909. The van der Waals surface area contributed by atoms with Gasteiger partial charge in [0.05, 0.1) is 6.21 Å². The number of aryl methyl sites for hydroxylation is 1. The van der Waals surface area contributed by atoms with E-state index in [1.54, 1.807) is 13.1 Å². The zero-order chi connectivity index (χ0) is 13.0. The Bertz CT molecular complexity index is 637. The average molecular weight is 308 g/mol. The molecule has 0 saturated carbocycles. The van der Waals surface area contributed by atoms with E-state index in [2.05, 4.69) is 41.6 Å². The molecule has 0 saturated heterocycles. The molecule has 0 fully saturated rings. The van der Waals surface area contributed by atoms with Gasteiger partial charge in [0.2, 0.25) is 5.95 Å². The number of nitrogens with one attached hydrogen (secondary N) is 2. The molecule has 0 atom stereocenters. The molecule has 0 bridgehead atoms. The van der Waals surface area contributed by atoms with Crippen LogP contribution in [-0.2, 0) is 0 Å². The van der Waals surface area contributed by atoms with Crippen molar-refractivity contribution in [2.24, 2.45) is 5.10 Å². The summed E-state index contributed by atoms with van der Waals surface area (Å²) >= 11 is 3.36. The van der Waals surface area contributed by atoms with Gasteiger partial charge in [-0.1, -0.05) is 28.1 Å². The molecule has 2 rings (SSSR count). The van der Waals surface area contributed by atoms with Gasteiger partial charge in [-0.2, -0.15) is 5.10 Å². The lowest BCUT2D eigenvalue weighted by Gasteiger charge is -1.98. The van der Waals surface area contributed by atoms with E-state index in [4.69, 9.17) is 0 Å². The highest BCUT2D eigenvalue weighted by Gasteiger charge is 1.97. The van der Waals surface area contributed by atoms with Crippen LogP contribution in [0.1, 0.15) is 11.3 Å². The summed E-state index contributed by atoms with van der Waals surface area (Å²) in [6, 6.07) is 7.64. The van der Waals surface area contributed by atoms with Crippen molar-refractivity contribution < 1.29 is 0 Å². The van der Waals surface area contributed by atoms with Gasteiger partial charge in [-0.25, -0.2) is 5.43 Å². The molecule has 6 nitrogen and oxygen atoms in total. The zero-order valence-electron chi connectivity index (χ0n) is 9.51. The summed E-state index contributed by atoms with van der Waals surface area (Å²) in [4.78, 5) is 13.8. The van der Waals surface area contributed by atoms with E-state index < -0.39 is 0 Å². The second-order valence-electron chi connectivity index (χ2n) is 3.51. The number of hydrogen-bond donors (Lipinski definition) is 2. The number of benzene rings is 1. The van der Waals surface area contributed by atoms with Crippen LogP contribution in [0.25, 0.3) is 0 Å². The third-order valence-corrected chi connectivity index (χ3v) is 2.59. The third kappa shape index (κ3) is 3.24. The maximum absolute atomic E-state index is 11.3. The fourth-order valence-electron chi connectivity index (χ4n) is 1.20. The van der Waals surface area contributed by atoms with Gasteiger partial charge in [0.25, 0.3) is 5.56 Å². The highest BCUT2D eigenvalue weighted by atomic mass is 79.9. The minimum Gasteiger partial charge on any atom is -0.288 e. The van der Waals surface area contributed by atoms with Gasteiger partial charge in [0, 0.05) is 4.47 Å². The molecule has 0 amide bonds. The number of H-pyrrole nitrogens is 1. The number of rotatable bonds is 3. The van der Waals surface area contributed by atoms with Crippen molar-refractivity contribution >= 4 is 28.1 Å². The number of aromatic nitrogens is 3. The normalized spacial score (nSPS) is 10.8. The van der Waals surface area contributed by atoms with Gasteiger partial charge in [-0.05, 0) is 24.6 Å². The van der Waals surface area contributed by atoms with Crippen LogP contribution in [0.3, 0.4) is 0 Å². The fourth-order valence-corrected chi connectivity index (χ4v) is 1.62. The quantitative estimate of drug-likeness (QED) is 0.667. The van der Waals surface area contributed by atoms with Crippen LogP contribution in [0, 0.1) is 6.92 Å². The Balaban J connectivity index is 2.07. The Labute approximate surface area is 111 Å². The molecule has 2 N–H and O–H groups in total. The first-order valence-corrected chi connectivity index (χ1v) is 5.93. The lowest BCUT2D eigenvalue weighted by molar-refractivity contribution is 0.897. The summed E-state index contributed by atoms with van der Waals surface area (Å²) in [6.07, 6.45) is 1.62. The predicted octanol–water partition coefficient (Wildman–Crippen LogP) is 1.68. The summed E-state index contributed by atoms with van der Waals surface area (Å²) in [5, 5.41) is 11.4. The Hall–Kier alpha value is -2.02. The number of anilines is 1. The number of nitrogens with zero attached hydrogens (tertiary/aromatic N) is 3. The van der Waals surface area contributed by atoms with Crippen molar-refractivity contribution in [2.45, 2.75) is 6.92 Å². The molecule has 1 aromatic heterocycles. The van der Waals surface area contributed by atoms with Crippen molar-refractivity contribution in [1.29, 1.82) is 0 Å². The molecule has 0 spiro atoms. The minimum atomic E-state index is -0.287. The Morgan fingerprint density at radius 2 is 2.28 bits per heavy atom. The molecule has 92 valence electrons. The standard InChI is InChI=1S/C11H10BrN5O/c1-7-10(18)14-11(17-15-7)16-13-6-8-3-2-4-9(12)5-8/h2-6H,1H3,(H2,14,16,17,18). The minimum absolute atomic E-state index is 0.205. The highest BCUT2D eigenvalue weighted by Crippen LogP contribution is 2.09. The first kappa shape index (κ1) is 12.4. The topological polar surface area (TPSA) is 83.0 Å². The van der Waals surface area contributed by atoms with E-state index in [1.165, 1.54) is 0 Å². The van der Waals surface area contributed by atoms with Crippen LogP contribution in [0.5, 0.6) is 0 Å². The molecule has 1 aromatic carbocycles. The van der Waals surface area contributed by atoms with E-state index >= 15 is 0 Å². The van der Waals surface area contributed by atoms with Crippen LogP contribution >= 0.6 is 15.9 Å². The molecule has 0 aliphatic heterocycles. The van der Waals surface area contributed by atoms with Crippen molar-refractivity contribution in [2.75, 3.05) is 5.43 Å². The van der Waals surface area contributed by atoms with E-state index in [9.17, 15) is 4.79 Å². The highest BCUT2D eigenvalue weighted by molar-refractivity contribution is 9.10. The Morgan fingerprint density at radius 3 is 3.00 bits per heavy atom. The Kier molecular flexibility index (Phi) is 3.83. The smallest absolute Gasteiger partial charge is 0.274 e. The van der Waals surface area contributed by atoms with E-state index in [0.29, 0.717) is 5.69 Å². The number of hydrogen-bond acceptors (Lipinski definition) is 5. The third-order valence-electron chi connectivity index (χ3n) is 2.09. The molecule has 0 unspecified atom stereocenters. The van der Waals surface area contributed by atoms with Crippen LogP contribution in [-0.4, -0.2) is 21.4 Å². The molecular weight excluding hydrogens is 298 g/mol. The van der Waals surface area contributed by atoms with Crippen molar-refractivity contribution in [3.8, 4) is 0 Å². The summed E-state index contributed by atoms with van der Waals surface area (Å²) in [6.45, 7) is 1.58. The van der Waals surface area contributed by atoms with Gasteiger partial charge in [-0.3, -0.25) is 9.78 Å². The van der Waals surface area contributed by atoms with E-state index in [0.717, 1.165) is 10.0 Å². The Morgan fingerprint density at radius 1 is 1.44 bits per heavy atom. The van der Waals surface area contributed by atoms with Gasteiger partial charge in [0.1, 0.15) is 5.69 Å².